The fourth-order valence-electron chi connectivity index (χ4n) is 2.76. The Morgan fingerprint density at radius 2 is 1.32 bits per heavy atom. The minimum absolute atomic E-state index is 0.138. The first kappa shape index (κ1) is 15.2. The molecule has 0 radical (unpaired) electrons. The van der Waals surface area contributed by atoms with Gasteiger partial charge in [-0.2, -0.15) is 17.0 Å². The number of β-amino-alcohol motifs (C(OH)–C–C–N with tert-alkyl or cyclic N) is 1. The second-order valence-corrected chi connectivity index (χ2v) is 7.21. The molecule has 7 heteroatoms. The van der Waals surface area contributed by atoms with E-state index in [4.69, 9.17) is 5.11 Å². The van der Waals surface area contributed by atoms with Gasteiger partial charge in [-0.3, -0.25) is 4.90 Å². The molecule has 0 spiro atoms. The molecule has 6 nitrogen and oxygen atoms in total. The molecule has 112 valence electrons. The van der Waals surface area contributed by atoms with Crippen molar-refractivity contribution in [2.24, 2.45) is 0 Å². The largest absolute Gasteiger partial charge is 0.395 e. The zero-order valence-corrected chi connectivity index (χ0v) is 12.3. The number of aliphatic hydroxyl groups excluding tert-OH is 1. The van der Waals surface area contributed by atoms with Crippen LogP contribution in [0.15, 0.2) is 0 Å². The number of hydrogen-bond donors (Lipinski definition) is 1. The highest BCUT2D eigenvalue weighted by molar-refractivity contribution is 7.86. The lowest BCUT2D eigenvalue weighted by atomic mass is 10.2. The Hall–Kier alpha value is -0.210. The van der Waals surface area contributed by atoms with Gasteiger partial charge in [0.25, 0.3) is 10.2 Å². The van der Waals surface area contributed by atoms with Crippen molar-refractivity contribution in [2.75, 3.05) is 52.4 Å². The zero-order chi connectivity index (χ0) is 13.7. The van der Waals surface area contributed by atoms with Gasteiger partial charge in [0.2, 0.25) is 0 Å². The molecular weight excluding hydrogens is 266 g/mol. The standard InChI is InChI=1S/C12H25N3O3S/c16-12-11-13-7-9-15(10-8-13)19(17,18)14-5-3-1-2-4-6-14/h16H,1-12H2. The maximum Gasteiger partial charge on any atom is 0.282 e. The lowest BCUT2D eigenvalue weighted by molar-refractivity contribution is 0.147. The molecule has 0 atom stereocenters. The summed E-state index contributed by atoms with van der Waals surface area (Å²) < 4.78 is 28.3. The van der Waals surface area contributed by atoms with Crippen LogP contribution in [-0.4, -0.2) is 79.5 Å². The van der Waals surface area contributed by atoms with Gasteiger partial charge in [-0.15, -0.1) is 0 Å². The minimum Gasteiger partial charge on any atom is -0.395 e. The molecular formula is C12H25N3O3S. The Balaban J connectivity index is 1.92. The quantitative estimate of drug-likeness (QED) is 0.773. The van der Waals surface area contributed by atoms with Crippen molar-refractivity contribution in [1.29, 1.82) is 0 Å². The summed E-state index contributed by atoms with van der Waals surface area (Å²) in [6, 6.07) is 0. The summed E-state index contributed by atoms with van der Waals surface area (Å²) in [6.07, 6.45) is 4.22. The smallest absolute Gasteiger partial charge is 0.282 e. The highest BCUT2D eigenvalue weighted by Gasteiger charge is 2.32. The molecule has 0 aromatic rings. The lowest BCUT2D eigenvalue weighted by Gasteiger charge is -2.36. The van der Waals surface area contributed by atoms with Crippen LogP contribution in [0, 0.1) is 0 Å². The molecule has 2 saturated heterocycles. The van der Waals surface area contributed by atoms with Gasteiger partial charge in [-0.25, -0.2) is 0 Å². The van der Waals surface area contributed by atoms with Crippen molar-refractivity contribution in [3.05, 3.63) is 0 Å². The van der Waals surface area contributed by atoms with Crippen molar-refractivity contribution in [3.8, 4) is 0 Å². The van der Waals surface area contributed by atoms with Crippen LogP contribution in [0.5, 0.6) is 0 Å². The normalized spacial score (nSPS) is 25.3. The van der Waals surface area contributed by atoms with Crippen LogP contribution < -0.4 is 0 Å². The molecule has 0 bridgehead atoms. The van der Waals surface area contributed by atoms with Crippen LogP contribution >= 0.6 is 0 Å². The van der Waals surface area contributed by atoms with Crippen LogP contribution in [0.4, 0.5) is 0 Å². The molecule has 0 aromatic heterocycles. The van der Waals surface area contributed by atoms with E-state index in [1.54, 1.807) is 8.61 Å². The first-order valence-electron chi connectivity index (χ1n) is 7.23. The summed E-state index contributed by atoms with van der Waals surface area (Å²) >= 11 is 0. The Morgan fingerprint density at radius 3 is 1.84 bits per heavy atom. The summed E-state index contributed by atoms with van der Waals surface area (Å²) in [7, 11) is -3.27. The fraction of sp³-hybridized carbons (Fsp3) is 1.00. The summed E-state index contributed by atoms with van der Waals surface area (Å²) in [5.41, 5.74) is 0. The number of aliphatic hydroxyl groups is 1. The molecule has 19 heavy (non-hydrogen) atoms. The predicted molar refractivity (Wildman–Crippen MR) is 74.1 cm³/mol. The van der Waals surface area contributed by atoms with Crippen molar-refractivity contribution < 1.29 is 13.5 Å². The molecule has 0 saturated carbocycles. The first-order chi connectivity index (χ1) is 9.14. The SMILES string of the molecule is O=S(=O)(N1CCCCCC1)N1CCN(CCO)CC1. The molecule has 0 amide bonds. The highest BCUT2D eigenvalue weighted by Crippen LogP contribution is 2.17. The molecule has 2 fully saturated rings. The number of rotatable bonds is 4. The average molecular weight is 291 g/mol. The number of hydrogen-bond acceptors (Lipinski definition) is 4. The Labute approximate surface area is 116 Å². The van der Waals surface area contributed by atoms with E-state index in [1.165, 1.54) is 0 Å². The second-order valence-electron chi connectivity index (χ2n) is 5.29. The summed E-state index contributed by atoms with van der Waals surface area (Å²) in [5, 5.41) is 8.90. The van der Waals surface area contributed by atoms with E-state index in [0.29, 0.717) is 45.8 Å². The van der Waals surface area contributed by atoms with Gasteiger partial charge in [0, 0.05) is 45.8 Å². The van der Waals surface area contributed by atoms with Gasteiger partial charge in [-0.1, -0.05) is 12.8 Å². The number of nitrogens with zero attached hydrogens (tertiary/aromatic N) is 3. The Kier molecular flexibility index (Phi) is 5.58. The molecule has 1 N–H and O–H groups in total. The van der Waals surface area contributed by atoms with Crippen LogP contribution in [0.1, 0.15) is 25.7 Å². The summed E-state index contributed by atoms with van der Waals surface area (Å²) in [5.74, 6) is 0. The maximum absolute atomic E-state index is 12.5. The average Bonchev–Trinajstić information content (AvgIpc) is 2.69. The van der Waals surface area contributed by atoms with E-state index < -0.39 is 10.2 Å². The fourth-order valence-corrected chi connectivity index (χ4v) is 4.43. The van der Waals surface area contributed by atoms with E-state index in [0.717, 1.165) is 25.7 Å². The molecule has 0 unspecified atom stereocenters. The third-order valence-electron chi connectivity index (χ3n) is 3.97. The van der Waals surface area contributed by atoms with Gasteiger partial charge in [0.05, 0.1) is 6.61 Å². The number of piperazine rings is 1. The monoisotopic (exact) mass is 291 g/mol. The van der Waals surface area contributed by atoms with Crippen molar-refractivity contribution in [2.45, 2.75) is 25.7 Å². The molecule has 2 aliphatic heterocycles. The topological polar surface area (TPSA) is 64.1 Å². The van der Waals surface area contributed by atoms with Crippen LogP contribution in [0.3, 0.4) is 0 Å². The van der Waals surface area contributed by atoms with Gasteiger partial charge < -0.3 is 5.11 Å². The minimum atomic E-state index is -3.27. The van der Waals surface area contributed by atoms with E-state index >= 15 is 0 Å². The lowest BCUT2D eigenvalue weighted by Crippen LogP contribution is -2.53. The maximum atomic E-state index is 12.5. The molecule has 0 aromatic carbocycles. The molecule has 0 aliphatic carbocycles. The third-order valence-corrected chi connectivity index (χ3v) is 6.00. The molecule has 2 aliphatic rings. The van der Waals surface area contributed by atoms with Crippen LogP contribution in [-0.2, 0) is 10.2 Å². The Bertz CT molecular complexity index is 358. The predicted octanol–water partition coefficient (Wildman–Crippen LogP) is -0.283. The molecule has 2 heterocycles. The van der Waals surface area contributed by atoms with E-state index in [9.17, 15) is 8.42 Å². The second kappa shape index (κ2) is 6.99. The zero-order valence-electron chi connectivity index (χ0n) is 11.5. The molecule has 2 rings (SSSR count). The van der Waals surface area contributed by atoms with Crippen LogP contribution in [0.25, 0.3) is 0 Å². The van der Waals surface area contributed by atoms with E-state index in [2.05, 4.69) is 4.90 Å². The van der Waals surface area contributed by atoms with E-state index in [1.807, 2.05) is 0 Å². The Morgan fingerprint density at radius 1 is 0.789 bits per heavy atom. The van der Waals surface area contributed by atoms with Gasteiger partial charge in [0.15, 0.2) is 0 Å². The van der Waals surface area contributed by atoms with Crippen LogP contribution in [0.2, 0.25) is 0 Å². The van der Waals surface area contributed by atoms with Crippen molar-refractivity contribution in [1.82, 2.24) is 13.5 Å². The van der Waals surface area contributed by atoms with Gasteiger partial charge >= 0.3 is 0 Å². The third kappa shape index (κ3) is 3.88. The van der Waals surface area contributed by atoms with Crippen molar-refractivity contribution >= 4 is 10.2 Å². The summed E-state index contributed by atoms with van der Waals surface area (Å²) in [6.45, 7) is 4.62. The van der Waals surface area contributed by atoms with Gasteiger partial charge in [-0.05, 0) is 12.8 Å². The van der Waals surface area contributed by atoms with Crippen molar-refractivity contribution in [3.63, 3.8) is 0 Å². The highest BCUT2D eigenvalue weighted by atomic mass is 32.2. The first-order valence-corrected chi connectivity index (χ1v) is 8.63. The summed E-state index contributed by atoms with van der Waals surface area (Å²) in [4.78, 5) is 2.11. The van der Waals surface area contributed by atoms with Gasteiger partial charge in [0.1, 0.15) is 0 Å². The van der Waals surface area contributed by atoms with E-state index in [-0.39, 0.29) is 6.61 Å².